The minimum Gasteiger partial charge on any atom is -0.480 e. The van der Waals surface area contributed by atoms with E-state index in [1.165, 1.54) is 23.9 Å². The van der Waals surface area contributed by atoms with Crippen molar-refractivity contribution in [1.82, 2.24) is 15.1 Å². The maximum absolute atomic E-state index is 12.9. The molecule has 22 heavy (non-hydrogen) atoms. The van der Waals surface area contributed by atoms with Crippen molar-refractivity contribution in [3.05, 3.63) is 45.8 Å². The molecule has 2 rings (SSSR count). The Morgan fingerprint density at radius 1 is 1.45 bits per heavy atom. The van der Waals surface area contributed by atoms with Crippen LogP contribution in [0.3, 0.4) is 0 Å². The lowest BCUT2D eigenvalue weighted by Crippen LogP contribution is -2.28. The molecule has 1 amide bonds. The lowest BCUT2D eigenvalue weighted by molar-refractivity contribution is 0.0945. The van der Waals surface area contributed by atoms with Crippen LogP contribution in [0.25, 0.3) is 0 Å². The van der Waals surface area contributed by atoms with Gasteiger partial charge in [-0.3, -0.25) is 4.79 Å². The Hall–Kier alpha value is -1.89. The lowest BCUT2D eigenvalue weighted by atomic mass is 10.0. The standard InChI is InChI=1S/C15H17BrFN3O2/c1-9(10-4-6-11(17)7-5-10)8-18-14(21)13-12(16)15(22-3)20(2)19-13/h4-7,9H,8H2,1-3H3,(H,18,21). The number of hydrogen-bond acceptors (Lipinski definition) is 3. The summed E-state index contributed by atoms with van der Waals surface area (Å²) < 4.78 is 20.1. The molecule has 1 heterocycles. The maximum atomic E-state index is 12.9. The van der Waals surface area contributed by atoms with E-state index >= 15 is 0 Å². The summed E-state index contributed by atoms with van der Waals surface area (Å²) >= 11 is 3.31. The van der Waals surface area contributed by atoms with Gasteiger partial charge in [-0.2, -0.15) is 5.10 Å². The fourth-order valence-electron chi connectivity index (χ4n) is 2.09. The largest absolute Gasteiger partial charge is 0.480 e. The van der Waals surface area contributed by atoms with E-state index in [2.05, 4.69) is 26.3 Å². The first-order valence-corrected chi connectivity index (χ1v) is 7.53. The first kappa shape index (κ1) is 16.5. The van der Waals surface area contributed by atoms with Gasteiger partial charge in [0.05, 0.1) is 7.11 Å². The van der Waals surface area contributed by atoms with Crippen molar-refractivity contribution in [2.45, 2.75) is 12.8 Å². The van der Waals surface area contributed by atoms with E-state index in [0.29, 0.717) is 16.9 Å². The molecule has 0 aliphatic rings. The molecule has 0 saturated heterocycles. The number of aryl methyl sites for hydroxylation is 1. The van der Waals surface area contributed by atoms with Gasteiger partial charge in [0.1, 0.15) is 10.3 Å². The maximum Gasteiger partial charge on any atom is 0.273 e. The summed E-state index contributed by atoms with van der Waals surface area (Å²) in [5.41, 5.74) is 1.23. The molecule has 0 radical (unpaired) electrons. The monoisotopic (exact) mass is 369 g/mol. The highest BCUT2D eigenvalue weighted by Gasteiger charge is 2.21. The number of hydrogen-bond donors (Lipinski definition) is 1. The van der Waals surface area contributed by atoms with Gasteiger partial charge >= 0.3 is 0 Å². The fraction of sp³-hybridized carbons (Fsp3) is 0.333. The number of rotatable bonds is 5. The third-order valence-electron chi connectivity index (χ3n) is 3.36. The number of amides is 1. The highest BCUT2D eigenvalue weighted by atomic mass is 79.9. The van der Waals surface area contributed by atoms with E-state index in [4.69, 9.17) is 4.74 Å². The summed E-state index contributed by atoms with van der Waals surface area (Å²) in [6.45, 7) is 2.39. The van der Waals surface area contributed by atoms with Crippen molar-refractivity contribution in [2.24, 2.45) is 7.05 Å². The summed E-state index contributed by atoms with van der Waals surface area (Å²) in [6.07, 6.45) is 0. The lowest BCUT2D eigenvalue weighted by Gasteiger charge is -2.12. The first-order chi connectivity index (χ1) is 10.4. The van der Waals surface area contributed by atoms with E-state index in [1.54, 1.807) is 19.2 Å². The zero-order chi connectivity index (χ0) is 16.3. The van der Waals surface area contributed by atoms with Crippen LogP contribution in [0.5, 0.6) is 5.88 Å². The Morgan fingerprint density at radius 3 is 2.64 bits per heavy atom. The van der Waals surface area contributed by atoms with Crippen LogP contribution in [0.4, 0.5) is 4.39 Å². The number of benzene rings is 1. The number of methoxy groups -OCH3 is 1. The van der Waals surface area contributed by atoms with Gasteiger partial charge in [0, 0.05) is 13.6 Å². The van der Waals surface area contributed by atoms with Crippen LogP contribution in [-0.2, 0) is 7.05 Å². The molecule has 0 fully saturated rings. The Balaban J connectivity index is 2.02. The number of ether oxygens (including phenoxy) is 1. The number of halogens is 2. The third kappa shape index (κ3) is 3.47. The van der Waals surface area contributed by atoms with Crippen LogP contribution >= 0.6 is 15.9 Å². The molecule has 0 aliphatic heterocycles. The summed E-state index contributed by atoms with van der Waals surface area (Å²) in [5, 5.41) is 6.95. The SMILES string of the molecule is COc1c(Br)c(C(=O)NCC(C)c2ccc(F)cc2)nn1C. The van der Waals surface area contributed by atoms with Gasteiger partial charge in [-0.15, -0.1) is 0 Å². The van der Waals surface area contributed by atoms with E-state index in [0.717, 1.165) is 5.56 Å². The van der Waals surface area contributed by atoms with Crippen molar-refractivity contribution in [3.63, 3.8) is 0 Å². The highest BCUT2D eigenvalue weighted by molar-refractivity contribution is 9.10. The summed E-state index contributed by atoms with van der Waals surface area (Å²) in [5.74, 6) is -0.0186. The predicted molar refractivity (Wildman–Crippen MR) is 84.6 cm³/mol. The molecular weight excluding hydrogens is 353 g/mol. The number of carbonyl (C=O) groups excluding carboxylic acids is 1. The Kier molecular flexibility index (Phi) is 5.18. The number of nitrogens with one attached hydrogen (secondary N) is 1. The summed E-state index contributed by atoms with van der Waals surface area (Å²) in [4.78, 5) is 12.2. The van der Waals surface area contributed by atoms with Crippen molar-refractivity contribution in [1.29, 1.82) is 0 Å². The minimum atomic E-state index is -0.292. The molecule has 5 nitrogen and oxygen atoms in total. The zero-order valence-electron chi connectivity index (χ0n) is 12.6. The van der Waals surface area contributed by atoms with Crippen LogP contribution in [0, 0.1) is 5.82 Å². The van der Waals surface area contributed by atoms with Gasteiger partial charge in [-0.05, 0) is 39.5 Å². The molecule has 1 atom stereocenters. The molecule has 118 valence electrons. The number of nitrogens with zero attached hydrogens (tertiary/aromatic N) is 2. The topological polar surface area (TPSA) is 56.1 Å². The van der Waals surface area contributed by atoms with Gasteiger partial charge in [0.2, 0.25) is 5.88 Å². The quantitative estimate of drug-likeness (QED) is 0.881. The summed E-state index contributed by atoms with van der Waals surface area (Å²) in [7, 11) is 3.21. The molecule has 1 unspecified atom stereocenters. The predicted octanol–water partition coefficient (Wildman–Crippen LogP) is 2.86. The van der Waals surface area contributed by atoms with Crippen LogP contribution in [0.15, 0.2) is 28.7 Å². The average Bonchev–Trinajstić information content (AvgIpc) is 2.79. The molecule has 1 N–H and O–H groups in total. The molecule has 1 aromatic heterocycles. The number of aromatic nitrogens is 2. The van der Waals surface area contributed by atoms with Crippen LogP contribution in [-0.4, -0.2) is 29.3 Å². The highest BCUT2D eigenvalue weighted by Crippen LogP contribution is 2.27. The fourth-order valence-corrected chi connectivity index (χ4v) is 2.77. The van der Waals surface area contributed by atoms with Crippen molar-refractivity contribution >= 4 is 21.8 Å². The van der Waals surface area contributed by atoms with Crippen molar-refractivity contribution in [3.8, 4) is 5.88 Å². The zero-order valence-corrected chi connectivity index (χ0v) is 14.1. The minimum absolute atomic E-state index is 0.0638. The van der Waals surface area contributed by atoms with Crippen LogP contribution < -0.4 is 10.1 Å². The molecular formula is C15H17BrFN3O2. The first-order valence-electron chi connectivity index (χ1n) is 6.74. The third-order valence-corrected chi connectivity index (χ3v) is 4.07. The molecule has 7 heteroatoms. The van der Waals surface area contributed by atoms with Gasteiger partial charge in [-0.1, -0.05) is 19.1 Å². The van der Waals surface area contributed by atoms with Gasteiger partial charge < -0.3 is 10.1 Å². The van der Waals surface area contributed by atoms with E-state index in [9.17, 15) is 9.18 Å². The van der Waals surface area contributed by atoms with E-state index in [-0.39, 0.29) is 23.3 Å². The Bertz CT molecular complexity index is 670. The second-order valence-electron chi connectivity index (χ2n) is 4.96. The molecule has 0 saturated carbocycles. The van der Waals surface area contributed by atoms with E-state index in [1.807, 2.05) is 6.92 Å². The molecule has 0 spiro atoms. The second-order valence-corrected chi connectivity index (χ2v) is 5.75. The summed E-state index contributed by atoms with van der Waals surface area (Å²) in [6, 6.07) is 6.25. The normalized spacial score (nSPS) is 12.0. The Morgan fingerprint density at radius 2 is 2.09 bits per heavy atom. The van der Waals surface area contributed by atoms with Crippen LogP contribution in [0.2, 0.25) is 0 Å². The molecule has 0 aliphatic carbocycles. The average molecular weight is 370 g/mol. The second kappa shape index (κ2) is 6.91. The van der Waals surface area contributed by atoms with Crippen molar-refractivity contribution in [2.75, 3.05) is 13.7 Å². The van der Waals surface area contributed by atoms with Gasteiger partial charge in [0.25, 0.3) is 5.91 Å². The molecule has 2 aromatic rings. The van der Waals surface area contributed by atoms with Crippen LogP contribution in [0.1, 0.15) is 28.9 Å². The molecule has 0 bridgehead atoms. The van der Waals surface area contributed by atoms with Gasteiger partial charge in [0.15, 0.2) is 5.69 Å². The smallest absolute Gasteiger partial charge is 0.273 e. The van der Waals surface area contributed by atoms with Gasteiger partial charge in [-0.25, -0.2) is 9.07 Å². The number of carbonyl (C=O) groups is 1. The van der Waals surface area contributed by atoms with E-state index < -0.39 is 0 Å². The van der Waals surface area contributed by atoms with Crippen molar-refractivity contribution < 1.29 is 13.9 Å². The Labute approximate surface area is 136 Å². The molecule has 1 aromatic carbocycles.